The van der Waals surface area contributed by atoms with Crippen LogP contribution in [-0.2, 0) is 29.2 Å². The summed E-state index contributed by atoms with van der Waals surface area (Å²) in [5.74, 6) is -0.313. The summed E-state index contributed by atoms with van der Waals surface area (Å²) < 4.78 is 15.4. The van der Waals surface area contributed by atoms with Crippen LogP contribution in [0.4, 0.5) is 0 Å². The summed E-state index contributed by atoms with van der Waals surface area (Å²) >= 11 is 5.97. The molecule has 0 unspecified atom stereocenters. The van der Waals surface area contributed by atoms with E-state index in [-0.39, 0.29) is 5.97 Å². The molecule has 5 rings (SSSR count). The van der Waals surface area contributed by atoms with E-state index in [9.17, 15) is 4.79 Å². The fourth-order valence-corrected chi connectivity index (χ4v) is 5.19. The Hall–Kier alpha value is -3.13. The minimum atomic E-state index is -0.313. The average Bonchev–Trinajstić information content (AvgIpc) is 3.56. The highest BCUT2D eigenvalue weighted by Crippen LogP contribution is 2.25. The van der Waals surface area contributed by atoms with Crippen LogP contribution in [0.15, 0.2) is 67.4 Å². The first-order valence-corrected chi connectivity index (χ1v) is 13.2. The molecule has 0 spiro atoms. The predicted octanol–water partition coefficient (Wildman–Crippen LogP) is 5.40. The number of rotatable bonds is 10. The molecule has 0 saturated carbocycles. The van der Waals surface area contributed by atoms with E-state index >= 15 is 0 Å². The SMILES string of the molecule is COC(=O)c1ccc2c(Cn3ccnc3)cn(CCCN3CCC(OCc4ccc(Cl)cc4)CC3)c2c1. The van der Waals surface area contributed by atoms with E-state index < -0.39 is 0 Å². The number of hydrogen-bond donors (Lipinski definition) is 0. The summed E-state index contributed by atoms with van der Waals surface area (Å²) in [6.45, 7) is 5.41. The second-order valence-electron chi connectivity index (χ2n) is 9.64. The number of nitrogens with zero attached hydrogens (tertiary/aromatic N) is 4. The van der Waals surface area contributed by atoms with Gasteiger partial charge in [0.05, 0.1) is 38.3 Å². The lowest BCUT2D eigenvalue weighted by Crippen LogP contribution is -2.37. The highest BCUT2D eigenvalue weighted by molar-refractivity contribution is 6.30. The summed E-state index contributed by atoms with van der Waals surface area (Å²) in [5, 5.41) is 1.91. The van der Waals surface area contributed by atoms with Crippen molar-refractivity contribution >= 4 is 28.5 Å². The van der Waals surface area contributed by atoms with Crippen LogP contribution in [0.1, 0.15) is 40.7 Å². The van der Waals surface area contributed by atoms with E-state index in [1.807, 2.05) is 55.0 Å². The number of carbonyl (C=O) groups is 1. The monoisotopic (exact) mass is 520 g/mol. The maximum atomic E-state index is 12.2. The largest absolute Gasteiger partial charge is 0.465 e. The quantitative estimate of drug-likeness (QED) is 0.262. The number of aromatic nitrogens is 3. The van der Waals surface area contributed by atoms with Crippen molar-refractivity contribution in [3.8, 4) is 0 Å². The molecule has 2 aromatic heterocycles. The van der Waals surface area contributed by atoms with E-state index in [4.69, 9.17) is 21.1 Å². The number of ether oxygens (including phenoxy) is 2. The van der Waals surface area contributed by atoms with Crippen molar-refractivity contribution < 1.29 is 14.3 Å². The van der Waals surface area contributed by atoms with Gasteiger partial charge in [0.1, 0.15) is 0 Å². The Morgan fingerprint density at radius 3 is 2.65 bits per heavy atom. The standard InChI is InChI=1S/C29H33ClN4O3/c1-36-29(35)23-5-8-27-24(18-33-16-11-31-21-33)19-34(28(27)17-23)13-2-12-32-14-9-26(10-15-32)37-20-22-3-6-25(30)7-4-22/h3-8,11,16-17,19,21,26H,2,9-10,12-15,18,20H2,1H3. The Bertz CT molecular complexity index is 1310. The summed E-state index contributed by atoms with van der Waals surface area (Å²) in [5.41, 5.74) is 4.01. The zero-order chi connectivity index (χ0) is 25.6. The average molecular weight is 521 g/mol. The van der Waals surface area contributed by atoms with Gasteiger partial charge >= 0.3 is 5.97 Å². The van der Waals surface area contributed by atoms with Gasteiger partial charge in [-0.3, -0.25) is 0 Å². The number of carbonyl (C=O) groups excluding carboxylic acids is 1. The molecule has 8 heteroatoms. The van der Waals surface area contributed by atoms with E-state index in [2.05, 4.69) is 25.2 Å². The molecule has 0 N–H and O–H groups in total. The van der Waals surface area contributed by atoms with Gasteiger partial charge in [-0.25, -0.2) is 9.78 Å². The molecule has 3 heterocycles. The van der Waals surface area contributed by atoms with Crippen molar-refractivity contribution in [2.75, 3.05) is 26.7 Å². The second-order valence-corrected chi connectivity index (χ2v) is 10.1. The van der Waals surface area contributed by atoms with Crippen molar-refractivity contribution in [3.63, 3.8) is 0 Å². The van der Waals surface area contributed by atoms with Gasteiger partial charge in [0.15, 0.2) is 0 Å². The predicted molar refractivity (Wildman–Crippen MR) is 145 cm³/mol. The van der Waals surface area contributed by atoms with Crippen LogP contribution < -0.4 is 0 Å². The Balaban J connectivity index is 1.16. The molecular weight excluding hydrogens is 488 g/mol. The highest BCUT2D eigenvalue weighted by atomic mass is 35.5. The summed E-state index contributed by atoms with van der Waals surface area (Å²) in [6.07, 6.45) is 11.2. The number of piperidine rings is 1. The lowest BCUT2D eigenvalue weighted by molar-refractivity contribution is -0.00270. The van der Waals surface area contributed by atoms with Gasteiger partial charge in [0.25, 0.3) is 0 Å². The molecule has 0 bridgehead atoms. The number of esters is 1. The van der Waals surface area contributed by atoms with Crippen molar-refractivity contribution in [3.05, 3.63) is 89.1 Å². The Morgan fingerprint density at radius 2 is 1.92 bits per heavy atom. The molecule has 0 amide bonds. The van der Waals surface area contributed by atoms with Crippen LogP contribution in [0.5, 0.6) is 0 Å². The van der Waals surface area contributed by atoms with Crippen LogP contribution in [0.25, 0.3) is 10.9 Å². The van der Waals surface area contributed by atoms with Crippen molar-refractivity contribution in [1.29, 1.82) is 0 Å². The number of aryl methyl sites for hydroxylation is 1. The van der Waals surface area contributed by atoms with Crippen LogP contribution in [-0.4, -0.2) is 57.8 Å². The molecule has 1 saturated heterocycles. The molecule has 0 radical (unpaired) electrons. The minimum Gasteiger partial charge on any atom is -0.465 e. The second kappa shape index (κ2) is 11.9. The van der Waals surface area contributed by atoms with Crippen molar-refractivity contribution in [2.45, 2.75) is 45.1 Å². The van der Waals surface area contributed by atoms with Crippen molar-refractivity contribution in [1.82, 2.24) is 19.0 Å². The summed E-state index contributed by atoms with van der Waals surface area (Å²) in [4.78, 5) is 18.8. The Labute approximate surface area is 222 Å². The zero-order valence-electron chi connectivity index (χ0n) is 21.2. The van der Waals surface area contributed by atoms with E-state index in [1.54, 1.807) is 6.20 Å². The normalized spacial score (nSPS) is 14.9. The van der Waals surface area contributed by atoms with Gasteiger partial charge in [0, 0.05) is 54.2 Å². The van der Waals surface area contributed by atoms with Gasteiger partial charge in [0.2, 0.25) is 0 Å². The highest BCUT2D eigenvalue weighted by Gasteiger charge is 2.20. The third kappa shape index (κ3) is 6.42. The summed E-state index contributed by atoms with van der Waals surface area (Å²) in [6, 6.07) is 13.7. The molecule has 1 fully saturated rings. The number of benzene rings is 2. The number of imidazole rings is 1. The molecule has 0 atom stereocenters. The van der Waals surface area contributed by atoms with E-state index in [1.165, 1.54) is 12.7 Å². The maximum absolute atomic E-state index is 12.2. The molecular formula is C29H33ClN4O3. The molecule has 7 nitrogen and oxygen atoms in total. The molecule has 194 valence electrons. The van der Waals surface area contributed by atoms with E-state index in [0.717, 1.165) is 73.5 Å². The third-order valence-electron chi connectivity index (χ3n) is 7.10. The van der Waals surface area contributed by atoms with E-state index in [0.29, 0.717) is 18.3 Å². The number of methoxy groups -OCH3 is 1. The van der Waals surface area contributed by atoms with Gasteiger partial charge in [-0.05, 0) is 61.2 Å². The Kier molecular flexibility index (Phi) is 8.24. The first-order valence-electron chi connectivity index (χ1n) is 12.8. The molecule has 1 aliphatic rings. The van der Waals surface area contributed by atoms with Crippen molar-refractivity contribution in [2.24, 2.45) is 0 Å². The number of likely N-dealkylation sites (tertiary alicyclic amines) is 1. The van der Waals surface area contributed by atoms with Crippen LogP contribution in [0.2, 0.25) is 5.02 Å². The molecule has 37 heavy (non-hydrogen) atoms. The van der Waals surface area contributed by atoms with Gasteiger partial charge in [-0.15, -0.1) is 0 Å². The first kappa shape index (κ1) is 25.5. The lowest BCUT2D eigenvalue weighted by atomic mass is 10.1. The molecule has 1 aliphatic heterocycles. The van der Waals surface area contributed by atoms with Gasteiger partial charge in [-0.1, -0.05) is 29.8 Å². The molecule has 0 aliphatic carbocycles. The fraction of sp³-hybridized carbons (Fsp3) is 0.379. The van der Waals surface area contributed by atoms with Crippen LogP contribution in [0.3, 0.4) is 0 Å². The Morgan fingerprint density at radius 1 is 1.11 bits per heavy atom. The molecule has 4 aromatic rings. The smallest absolute Gasteiger partial charge is 0.337 e. The van der Waals surface area contributed by atoms with Gasteiger partial charge < -0.3 is 23.5 Å². The van der Waals surface area contributed by atoms with Crippen LogP contribution >= 0.6 is 11.6 Å². The maximum Gasteiger partial charge on any atom is 0.337 e. The molecule has 2 aromatic carbocycles. The number of halogens is 1. The fourth-order valence-electron chi connectivity index (χ4n) is 5.06. The number of fused-ring (bicyclic) bond motifs is 1. The number of hydrogen-bond acceptors (Lipinski definition) is 5. The van der Waals surface area contributed by atoms with Crippen LogP contribution in [0, 0.1) is 0 Å². The third-order valence-corrected chi connectivity index (χ3v) is 7.36. The minimum absolute atomic E-state index is 0.308. The lowest BCUT2D eigenvalue weighted by Gasteiger charge is -2.32. The topological polar surface area (TPSA) is 61.5 Å². The summed E-state index contributed by atoms with van der Waals surface area (Å²) in [7, 11) is 1.42. The first-order chi connectivity index (χ1) is 18.1. The van der Waals surface area contributed by atoms with Gasteiger partial charge in [-0.2, -0.15) is 0 Å². The zero-order valence-corrected chi connectivity index (χ0v) is 21.9.